The zero-order valence-corrected chi connectivity index (χ0v) is 14.4. The topological polar surface area (TPSA) is 95.3 Å². The molecule has 3 rings (SSSR count). The van der Waals surface area contributed by atoms with Crippen LogP contribution in [0.2, 0.25) is 0 Å². The van der Waals surface area contributed by atoms with E-state index in [1.165, 1.54) is 0 Å². The average molecular weight is 351 g/mol. The van der Waals surface area contributed by atoms with Crippen molar-refractivity contribution in [1.29, 1.82) is 0 Å². The minimum absolute atomic E-state index is 0.0425. The van der Waals surface area contributed by atoms with E-state index in [1.807, 2.05) is 30.3 Å². The van der Waals surface area contributed by atoms with Gasteiger partial charge in [-0.05, 0) is 24.5 Å². The van der Waals surface area contributed by atoms with Gasteiger partial charge in [0.05, 0.1) is 0 Å². The van der Waals surface area contributed by atoms with Gasteiger partial charge in [0.1, 0.15) is 11.6 Å². The molecule has 0 spiro atoms. The van der Waals surface area contributed by atoms with Crippen LogP contribution in [0.4, 0.5) is 0 Å². The number of fused-ring (bicyclic) bond motifs is 1. The van der Waals surface area contributed by atoms with E-state index in [-0.39, 0.29) is 11.8 Å². The zero-order chi connectivity index (χ0) is 18.2. The number of carbonyl (C=O) groups excluding carboxylic acids is 2. The van der Waals surface area contributed by atoms with Gasteiger partial charge in [0.2, 0.25) is 5.91 Å². The number of hydrogen-bond donors (Lipinski definition) is 2. The average Bonchev–Trinajstić information content (AvgIpc) is 2.69. The largest absolute Gasteiger partial charge is 0.367 e. The maximum absolute atomic E-state index is 11.9. The maximum Gasteiger partial charge on any atom is 0.277 e. The number of benzene rings is 1. The van der Waals surface area contributed by atoms with Gasteiger partial charge in [0.25, 0.3) is 5.91 Å². The predicted octanol–water partition coefficient (Wildman–Crippen LogP) is 2.13. The molecular formula is C19H21N5O2. The first kappa shape index (κ1) is 17.7. The van der Waals surface area contributed by atoms with Crippen molar-refractivity contribution < 1.29 is 9.59 Å². The van der Waals surface area contributed by atoms with Crippen molar-refractivity contribution in [2.75, 3.05) is 13.1 Å². The van der Waals surface area contributed by atoms with Crippen molar-refractivity contribution in [3.8, 4) is 0 Å². The van der Waals surface area contributed by atoms with Crippen LogP contribution in [0.1, 0.15) is 18.4 Å². The number of dihydropyridines is 1. The third-order valence-electron chi connectivity index (χ3n) is 4.11. The van der Waals surface area contributed by atoms with E-state index in [0.29, 0.717) is 31.0 Å². The lowest BCUT2D eigenvalue weighted by molar-refractivity contribution is -0.121. The Labute approximate surface area is 152 Å². The molecule has 1 atom stereocenters. The fourth-order valence-electron chi connectivity index (χ4n) is 2.72. The molecule has 0 aromatic heterocycles. The van der Waals surface area contributed by atoms with Crippen LogP contribution >= 0.6 is 0 Å². The fourth-order valence-corrected chi connectivity index (χ4v) is 2.72. The van der Waals surface area contributed by atoms with Crippen LogP contribution in [-0.2, 0) is 16.0 Å². The van der Waals surface area contributed by atoms with Gasteiger partial charge in [-0.25, -0.2) is 0 Å². The zero-order valence-electron chi connectivity index (χ0n) is 14.4. The van der Waals surface area contributed by atoms with Crippen LogP contribution in [0.5, 0.6) is 0 Å². The van der Waals surface area contributed by atoms with Crippen LogP contribution in [0.15, 0.2) is 69.2 Å². The summed E-state index contributed by atoms with van der Waals surface area (Å²) in [6.07, 6.45) is 7.08. The molecule has 7 heteroatoms. The molecule has 0 radical (unpaired) electrons. The Morgan fingerprint density at radius 1 is 1.12 bits per heavy atom. The summed E-state index contributed by atoms with van der Waals surface area (Å²) in [5.74, 6) is -0.187. The van der Waals surface area contributed by atoms with Crippen molar-refractivity contribution in [1.82, 2.24) is 10.6 Å². The number of nitrogens with one attached hydrogen (secondary N) is 2. The number of rotatable bonds is 8. The van der Waals surface area contributed by atoms with Crippen LogP contribution in [0.3, 0.4) is 0 Å². The van der Waals surface area contributed by atoms with Gasteiger partial charge in [0, 0.05) is 25.7 Å². The third-order valence-corrected chi connectivity index (χ3v) is 4.11. The molecule has 26 heavy (non-hydrogen) atoms. The van der Waals surface area contributed by atoms with Gasteiger partial charge < -0.3 is 10.6 Å². The normalized spacial score (nSPS) is 18.0. The van der Waals surface area contributed by atoms with E-state index in [1.54, 1.807) is 18.4 Å². The van der Waals surface area contributed by atoms with E-state index in [9.17, 15) is 9.59 Å². The molecule has 2 N–H and O–H groups in total. The maximum atomic E-state index is 11.9. The number of hydrogen-bond acceptors (Lipinski definition) is 5. The number of allylic oxidation sites excluding steroid dienone is 1. The second kappa shape index (κ2) is 8.84. The molecule has 134 valence electrons. The lowest BCUT2D eigenvalue weighted by Gasteiger charge is -2.19. The molecule has 0 saturated heterocycles. The minimum atomic E-state index is -0.447. The standard InChI is InChI=1S/C19H21N5O2/c25-16(10-9-14-6-2-1-3-7-14)20-12-5-13-22-18-17-15(8-4-11-21-17)19(26)24-23-18/h1-4,6-8,11,15,22H,5,9-10,12-13H2,(H,20,25). The van der Waals surface area contributed by atoms with Gasteiger partial charge in [-0.15, -0.1) is 10.2 Å². The van der Waals surface area contributed by atoms with Crippen molar-refractivity contribution >= 4 is 18.0 Å². The molecule has 0 saturated carbocycles. The van der Waals surface area contributed by atoms with Crippen LogP contribution < -0.4 is 10.6 Å². The van der Waals surface area contributed by atoms with Crippen molar-refractivity contribution in [3.63, 3.8) is 0 Å². The Morgan fingerprint density at radius 2 is 1.96 bits per heavy atom. The minimum Gasteiger partial charge on any atom is -0.367 e. The Morgan fingerprint density at radius 3 is 2.81 bits per heavy atom. The van der Waals surface area contributed by atoms with E-state index in [4.69, 9.17) is 0 Å². The summed E-state index contributed by atoms with van der Waals surface area (Å²) in [6, 6.07) is 9.95. The van der Waals surface area contributed by atoms with Gasteiger partial charge in [-0.1, -0.05) is 36.4 Å². The summed E-state index contributed by atoms with van der Waals surface area (Å²) in [5, 5.41) is 13.6. The first-order valence-electron chi connectivity index (χ1n) is 8.69. The van der Waals surface area contributed by atoms with Gasteiger partial charge in [0.15, 0.2) is 5.82 Å². The molecule has 1 aromatic carbocycles. The summed E-state index contributed by atoms with van der Waals surface area (Å²) in [6.45, 7) is 1.18. The molecule has 7 nitrogen and oxygen atoms in total. The number of nitrogens with zero attached hydrogens (tertiary/aromatic N) is 3. The molecular weight excluding hydrogens is 330 g/mol. The summed E-state index contributed by atoms with van der Waals surface area (Å²) in [7, 11) is 0. The molecule has 2 aliphatic rings. The second-order valence-corrected chi connectivity index (χ2v) is 6.03. The Kier molecular flexibility index (Phi) is 6.03. The highest BCUT2D eigenvalue weighted by atomic mass is 16.2. The smallest absolute Gasteiger partial charge is 0.277 e. The second-order valence-electron chi connectivity index (χ2n) is 6.03. The first-order valence-corrected chi connectivity index (χ1v) is 8.69. The molecule has 1 unspecified atom stereocenters. The Hall–Kier alpha value is -3.09. The molecule has 0 bridgehead atoms. The van der Waals surface area contributed by atoms with Gasteiger partial charge >= 0.3 is 0 Å². The van der Waals surface area contributed by atoms with Gasteiger partial charge in [-0.3, -0.25) is 14.6 Å². The molecule has 2 amide bonds. The van der Waals surface area contributed by atoms with E-state index < -0.39 is 5.92 Å². The highest BCUT2D eigenvalue weighted by Gasteiger charge is 2.28. The quantitative estimate of drug-likeness (QED) is 0.702. The van der Waals surface area contributed by atoms with E-state index in [2.05, 4.69) is 25.9 Å². The molecule has 2 heterocycles. The monoisotopic (exact) mass is 351 g/mol. The number of carbonyl (C=O) groups is 2. The summed E-state index contributed by atoms with van der Waals surface area (Å²) in [4.78, 5) is 27.8. The highest BCUT2D eigenvalue weighted by Crippen LogP contribution is 2.26. The number of aliphatic imine (C=N–C) groups is 1. The number of aryl methyl sites for hydroxylation is 1. The van der Waals surface area contributed by atoms with E-state index in [0.717, 1.165) is 18.4 Å². The third kappa shape index (κ3) is 4.72. The molecule has 0 fully saturated rings. The first-order chi connectivity index (χ1) is 12.7. The summed E-state index contributed by atoms with van der Waals surface area (Å²) < 4.78 is 0. The lowest BCUT2D eigenvalue weighted by Crippen LogP contribution is -2.29. The van der Waals surface area contributed by atoms with Crippen LogP contribution in [0, 0.1) is 5.92 Å². The van der Waals surface area contributed by atoms with Crippen LogP contribution in [-0.4, -0.2) is 31.1 Å². The summed E-state index contributed by atoms with van der Waals surface area (Å²) >= 11 is 0. The predicted molar refractivity (Wildman–Crippen MR) is 98.4 cm³/mol. The molecule has 1 aromatic rings. The molecule has 0 aliphatic carbocycles. The van der Waals surface area contributed by atoms with Crippen LogP contribution in [0.25, 0.3) is 0 Å². The highest BCUT2D eigenvalue weighted by molar-refractivity contribution is 5.88. The van der Waals surface area contributed by atoms with Gasteiger partial charge in [-0.2, -0.15) is 0 Å². The Balaban J connectivity index is 1.36. The number of amides is 2. The lowest BCUT2D eigenvalue weighted by atomic mass is 10.0. The SMILES string of the molecule is O=C(CCc1ccccc1)NCCCNC1=C2N=CC=CC2C(=O)N=N1. The van der Waals surface area contributed by atoms with Crippen molar-refractivity contribution in [3.05, 3.63) is 59.6 Å². The van der Waals surface area contributed by atoms with Crippen molar-refractivity contribution in [2.24, 2.45) is 21.1 Å². The molecule has 2 aliphatic heterocycles. The summed E-state index contributed by atoms with van der Waals surface area (Å²) in [5.41, 5.74) is 1.76. The van der Waals surface area contributed by atoms with Crippen molar-refractivity contribution in [2.45, 2.75) is 19.3 Å². The Bertz CT molecular complexity index is 780. The van der Waals surface area contributed by atoms with E-state index >= 15 is 0 Å². The number of azo groups is 1. The fraction of sp³-hybridized carbons (Fsp3) is 0.316.